The van der Waals surface area contributed by atoms with Crippen molar-refractivity contribution in [3.8, 4) is 11.5 Å². The number of nitrogens with zero attached hydrogens (tertiary/aromatic N) is 1. The van der Waals surface area contributed by atoms with Gasteiger partial charge < -0.3 is 14.4 Å². The van der Waals surface area contributed by atoms with Gasteiger partial charge in [-0.1, -0.05) is 22.9 Å². The molecule has 1 heterocycles. The van der Waals surface area contributed by atoms with Crippen molar-refractivity contribution in [3.05, 3.63) is 23.8 Å². The number of rotatable bonds is 3. The summed E-state index contributed by atoms with van der Waals surface area (Å²) in [4.78, 5) is 15.0. The molecule has 0 aromatic heterocycles. The van der Waals surface area contributed by atoms with Crippen molar-refractivity contribution in [2.75, 3.05) is 27.3 Å². The largest absolute Gasteiger partial charge is 0.497 e. The molecule has 0 aliphatic carbocycles. The van der Waals surface area contributed by atoms with Gasteiger partial charge in [-0.25, -0.2) is 0 Å². The summed E-state index contributed by atoms with van der Waals surface area (Å²) in [6, 6.07) is 5.29. The van der Waals surface area contributed by atoms with E-state index in [9.17, 15) is 4.79 Å². The van der Waals surface area contributed by atoms with E-state index in [1.165, 1.54) is 0 Å². The lowest BCUT2D eigenvalue weighted by Gasteiger charge is -2.34. The Hall–Kier alpha value is -1.23. The summed E-state index contributed by atoms with van der Waals surface area (Å²) in [5.41, 5.74) is 0.612. The number of ether oxygens (including phenoxy) is 2. The zero-order chi connectivity index (χ0) is 14.7. The molecule has 20 heavy (non-hydrogen) atoms. The highest BCUT2D eigenvalue weighted by Gasteiger charge is 2.27. The third-order valence-electron chi connectivity index (χ3n) is 3.69. The highest BCUT2D eigenvalue weighted by molar-refractivity contribution is 9.09. The fourth-order valence-corrected chi connectivity index (χ4v) is 2.79. The van der Waals surface area contributed by atoms with E-state index in [0.29, 0.717) is 27.8 Å². The van der Waals surface area contributed by atoms with Gasteiger partial charge in [0.2, 0.25) is 0 Å². The van der Waals surface area contributed by atoms with Crippen LogP contribution in [0.25, 0.3) is 0 Å². The maximum Gasteiger partial charge on any atom is 0.254 e. The normalized spacial score (nSPS) is 22.5. The zero-order valence-corrected chi connectivity index (χ0v) is 13.6. The molecule has 1 saturated heterocycles. The SMILES string of the molecule is COc1cc(OC)cc(C(=O)N2CCC(Br)C(C)C2)c1. The average Bonchev–Trinajstić information content (AvgIpc) is 2.48. The van der Waals surface area contributed by atoms with Crippen LogP contribution in [0.15, 0.2) is 18.2 Å². The number of carbonyl (C=O) groups excluding carboxylic acids is 1. The average molecular weight is 342 g/mol. The molecule has 110 valence electrons. The second kappa shape index (κ2) is 6.48. The fourth-order valence-electron chi connectivity index (χ4n) is 2.41. The summed E-state index contributed by atoms with van der Waals surface area (Å²) >= 11 is 3.65. The van der Waals surface area contributed by atoms with Crippen molar-refractivity contribution in [3.63, 3.8) is 0 Å². The Labute approximate surface area is 128 Å². The van der Waals surface area contributed by atoms with Crippen LogP contribution in [-0.4, -0.2) is 42.9 Å². The van der Waals surface area contributed by atoms with Crippen molar-refractivity contribution < 1.29 is 14.3 Å². The smallest absolute Gasteiger partial charge is 0.254 e. The monoisotopic (exact) mass is 341 g/mol. The van der Waals surface area contributed by atoms with Crippen molar-refractivity contribution in [2.45, 2.75) is 18.2 Å². The third-order valence-corrected chi connectivity index (χ3v) is 5.05. The Morgan fingerprint density at radius 3 is 2.35 bits per heavy atom. The Balaban J connectivity index is 2.20. The summed E-state index contributed by atoms with van der Waals surface area (Å²) in [5, 5.41) is 0. The Morgan fingerprint density at radius 1 is 1.25 bits per heavy atom. The quantitative estimate of drug-likeness (QED) is 0.793. The van der Waals surface area contributed by atoms with E-state index in [0.717, 1.165) is 19.5 Å². The molecule has 2 rings (SSSR count). The highest BCUT2D eigenvalue weighted by Crippen LogP contribution is 2.27. The van der Waals surface area contributed by atoms with Gasteiger partial charge in [0.25, 0.3) is 5.91 Å². The van der Waals surface area contributed by atoms with Crippen molar-refractivity contribution in [1.29, 1.82) is 0 Å². The predicted octanol–water partition coefficient (Wildman–Crippen LogP) is 2.95. The second-order valence-corrected chi connectivity index (χ2v) is 6.31. The van der Waals surface area contributed by atoms with Crippen LogP contribution in [0.3, 0.4) is 0 Å². The lowest BCUT2D eigenvalue weighted by molar-refractivity contribution is 0.0690. The third kappa shape index (κ3) is 3.26. The first kappa shape index (κ1) is 15.2. The molecule has 1 aromatic carbocycles. The molecule has 1 aliphatic heterocycles. The van der Waals surface area contributed by atoms with Crippen molar-refractivity contribution in [2.24, 2.45) is 5.92 Å². The number of amides is 1. The van der Waals surface area contributed by atoms with Gasteiger partial charge in [-0.2, -0.15) is 0 Å². The number of piperidine rings is 1. The van der Waals surface area contributed by atoms with E-state index in [-0.39, 0.29) is 5.91 Å². The molecule has 0 saturated carbocycles. The first-order valence-corrected chi connectivity index (χ1v) is 7.63. The van der Waals surface area contributed by atoms with Crippen LogP contribution in [0.4, 0.5) is 0 Å². The number of likely N-dealkylation sites (tertiary alicyclic amines) is 1. The number of benzene rings is 1. The van der Waals surface area contributed by atoms with Gasteiger partial charge in [-0.3, -0.25) is 4.79 Å². The minimum absolute atomic E-state index is 0.0356. The topological polar surface area (TPSA) is 38.8 Å². The minimum atomic E-state index is 0.0356. The fraction of sp³-hybridized carbons (Fsp3) is 0.533. The van der Waals surface area contributed by atoms with Gasteiger partial charge in [0, 0.05) is 29.5 Å². The lowest BCUT2D eigenvalue weighted by Crippen LogP contribution is -2.43. The van der Waals surface area contributed by atoms with E-state index < -0.39 is 0 Å². The van der Waals surface area contributed by atoms with E-state index in [1.54, 1.807) is 32.4 Å². The first-order valence-electron chi connectivity index (χ1n) is 6.71. The Bertz CT molecular complexity index is 470. The van der Waals surface area contributed by atoms with Gasteiger partial charge in [-0.05, 0) is 24.5 Å². The second-order valence-electron chi connectivity index (χ2n) is 5.13. The van der Waals surface area contributed by atoms with Gasteiger partial charge in [0.05, 0.1) is 14.2 Å². The molecule has 1 fully saturated rings. The summed E-state index contributed by atoms with van der Waals surface area (Å²) in [6.07, 6.45) is 0.980. The van der Waals surface area contributed by atoms with Crippen LogP contribution >= 0.6 is 15.9 Å². The highest BCUT2D eigenvalue weighted by atomic mass is 79.9. The van der Waals surface area contributed by atoms with Crippen molar-refractivity contribution >= 4 is 21.8 Å². The van der Waals surface area contributed by atoms with Gasteiger partial charge in [-0.15, -0.1) is 0 Å². The molecule has 2 unspecified atom stereocenters. The van der Waals surface area contributed by atoms with Gasteiger partial charge in [0.15, 0.2) is 0 Å². The molecule has 1 amide bonds. The molecule has 2 atom stereocenters. The van der Waals surface area contributed by atoms with E-state index in [2.05, 4.69) is 22.9 Å². The zero-order valence-electron chi connectivity index (χ0n) is 12.1. The molecule has 0 bridgehead atoms. The van der Waals surface area contributed by atoms with Gasteiger partial charge >= 0.3 is 0 Å². The summed E-state index contributed by atoms with van der Waals surface area (Å²) in [6.45, 7) is 3.71. The maximum atomic E-state index is 12.6. The standard InChI is InChI=1S/C15H20BrNO3/c1-10-9-17(5-4-14(10)16)15(18)11-6-12(19-2)8-13(7-11)20-3/h6-8,10,14H,4-5,9H2,1-3H3. The molecular weight excluding hydrogens is 322 g/mol. The predicted molar refractivity (Wildman–Crippen MR) is 81.9 cm³/mol. The number of carbonyl (C=O) groups is 1. The minimum Gasteiger partial charge on any atom is -0.497 e. The number of halogens is 1. The molecule has 5 heteroatoms. The summed E-state index contributed by atoms with van der Waals surface area (Å²) in [7, 11) is 3.17. The number of alkyl halides is 1. The summed E-state index contributed by atoms with van der Waals surface area (Å²) in [5.74, 6) is 1.76. The van der Waals surface area contributed by atoms with E-state index in [4.69, 9.17) is 9.47 Å². The maximum absolute atomic E-state index is 12.6. The molecule has 1 aromatic rings. The van der Waals surface area contributed by atoms with Crippen LogP contribution in [0, 0.1) is 5.92 Å². The molecule has 1 aliphatic rings. The number of hydrogen-bond acceptors (Lipinski definition) is 3. The van der Waals surface area contributed by atoms with E-state index >= 15 is 0 Å². The van der Waals surface area contributed by atoms with Crippen LogP contribution < -0.4 is 9.47 Å². The van der Waals surface area contributed by atoms with Crippen LogP contribution in [0.2, 0.25) is 0 Å². The van der Waals surface area contributed by atoms with Crippen LogP contribution in [0.1, 0.15) is 23.7 Å². The van der Waals surface area contributed by atoms with Crippen LogP contribution in [-0.2, 0) is 0 Å². The molecule has 0 spiro atoms. The molecule has 0 N–H and O–H groups in total. The molecule has 4 nitrogen and oxygen atoms in total. The van der Waals surface area contributed by atoms with E-state index in [1.807, 2.05) is 4.90 Å². The Kier molecular flexibility index (Phi) is 4.91. The first-order chi connectivity index (χ1) is 9.55. The molecule has 0 radical (unpaired) electrons. The number of methoxy groups -OCH3 is 2. The van der Waals surface area contributed by atoms with Crippen LogP contribution in [0.5, 0.6) is 11.5 Å². The number of hydrogen-bond donors (Lipinski definition) is 0. The molecular formula is C15H20BrNO3. The Morgan fingerprint density at radius 2 is 1.85 bits per heavy atom. The van der Waals surface area contributed by atoms with Gasteiger partial charge in [0.1, 0.15) is 11.5 Å². The lowest BCUT2D eigenvalue weighted by atomic mass is 9.99. The summed E-state index contributed by atoms with van der Waals surface area (Å²) < 4.78 is 10.4. The van der Waals surface area contributed by atoms with Crippen molar-refractivity contribution in [1.82, 2.24) is 4.90 Å².